The van der Waals surface area contributed by atoms with Crippen LogP contribution in [-0.4, -0.2) is 0 Å². The Balaban J connectivity index is 2.66. The second-order valence-electron chi connectivity index (χ2n) is 3.30. The predicted octanol–water partition coefficient (Wildman–Crippen LogP) is 3.87. The van der Waals surface area contributed by atoms with E-state index < -0.39 is 0 Å². The van der Waals surface area contributed by atoms with E-state index in [0.29, 0.717) is 11.5 Å². The Hall–Kier alpha value is -0.920. The van der Waals surface area contributed by atoms with Gasteiger partial charge in [0.2, 0.25) is 0 Å². The Labute approximate surface area is 100 Å². The van der Waals surface area contributed by atoms with Gasteiger partial charge in [-0.25, -0.2) is 0 Å². The smallest absolute Gasteiger partial charge is 0.0406 e. The number of hydrogen-bond donors (Lipinski definition) is 1. The van der Waals surface area contributed by atoms with Crippen LogP contribution in [0.15, 0.2) is 47.1 Å². The Morgan fingerprint density at radius 3 is 2.40 bits per heavy atom. The normalized spacial score (nSPS) is 13.0. The van der Waals surface area contributed by atoms with Crippen molar-refractivity contribution in [1.29, 1.82) is 0 Å². The van der Waals surface area contributed by atoms with Gasteiger partial charge < -0.3 is 5.73 Å². The Morgan fingerprint density at radius 2 is 1.87 bits per heavy atom. The minimum Gasteiger partial charge on any atom is -0.402 e. The van der Waals surface area contributed by atoms with Crippen molar-refractivity contribution in [1.82, 2.24) is 0 Å². The number of rotatable bonds is 3. The SMILES string of the molecule is C/C(Cl)=C\C=C(/N)Cc1ccc(Cl)cc1. The molecule has 0 heterocycles. The fourth-order valence-corrected chi connectivity index (χ4v) is 1.31. The zero-order chi connectivity index (χ0) is 11.3. The molecule has 0 spiro atoms. The van der Waals surface area contributed by atoms with Crippen LogP contribution in [0.2, 0.25) is 5.02 Å². The van der Waals surface area contributed by atoms with Gasteiger partial charge in [-0.3, -0.25) is 0 Å². The molecule has 0 aromatic heterocycles. The number of allylic oxidation sites excluding steroid dienone is 4. The lowest BCUT2D eigenvalue weighted by Gasteiger charge is -2.01. The third kappa shape index (κ3) is 4.91. The molecule has 15 heavy (non-hydrogen) atoms. The Morgan fingerprint density at radius 1 is 1.27 bits per heavy atom. The fourth-order valence-electron chi connectivity index (χ4n) is 1.12. The van der Waals surface area contributed by atoms with Crippen molar-refractivity contribution in [3.05, 3.63) is 57.7 Å². The summed E-state index contributed by atoms with van der Waals surface area (Å²) in [5.74, 6) is 0. The lowest BCUT2D eigenvalue weighted by atomic mass is 10.1. The first-order chi connectivity index (χ1) is 7.08. The van der Waals surface area contributed by atoms with E-state index in [-0.39, 0.29) is 0 Å². The molecule has 0 atom stereocenters. The molecule has 0 aliphatic rings. The van der Waals surface area contributed by atoms with Crippen LogP contribution in [0.4, 0.5) is 0 Å². The largest absolute Gasteiger partial charge is 0.402 e. The molecule has 2 N–H and O–H groups in total. The van der Waals surface area contributed by atoms with Crippen LogP contribution < -0.4 is 5.73 Å². The molecule has 0 bridgehead atoms. The summed E-state index contributed by atoms with van der Waals surface area (Å²) in [4.78, 5) is 0. The summed E-state index contributed by atoms with van der Waals surface area (Å²) in [5, 5.41) is 1.45. The van der Waals surface area contributed by atoms with Crippen molar-refractivity contribution < 1.29 is 0 Å². The maximum Gasteiger partial charge on any atom is 0.0406 e. The average molecular weight is 242 g/mol. The Kier molecular flexibility index (Phi) is 4.73. The highest BCUT2D eigenvalue weighted by Crippen LogP contribution is 2.11. The molecular weight excluding hydrogens is 229 g/mol. The van der Waals surface area contributed by atoms with E-state index in [9.17, 15) is 0 Å². The monoisotopic (exact) mass is 241 g/mol. The lowest BCUT2D eigenvalue weighted by molar-refractivity contribution is 1.11. The first kappa shape index (κ1) is 12.2. The van der Waals surface area contributed by atoms with Crippen LogP contribution in [0, 0.1) is 0 Å². The van der Waals surface area contributed by atoms with Gasteiger partial charge in [-0.2, -0.15) is 0 Å². The van der Waals surface area contributed by atoms with Crippen LogP contribution in [0.1, 0.15) is 12.5 Å². The molecule has 0 radical (unpaired) electrons. The number of nitrogens with two attached hydrogens (primary N) is 1. The average Bonchev–Trinajstić information content (AvgIpc) is 2.19. The van der Waals surface area contributed by atoms with E-state index in [1.807, 2.05) is 37.3 Å². The van der Waals surface area contributed by atoms with E-state index in [2.05, 4.69) is 0 Å². The third-order valence-corrected chi connectivity index (χ3v) is 2.23. The van der Waals surface area contributed by atoms with Gasteiger partial charge in [0.1, 0.15) is 0 Å². The van der Waals surface area contributed by atoms with Gasteiger partial charge in [-0.05, 0) is 36.8 Å². The first-order valence-corrected chi connectivity index (χ1v) is 5.36. The maximum atomic E-state index is 5.82. The molecule has 0 unspecified atom stereocenters. The van der Waals surface area contributed by atoms with E-state index >= 15 is 0 Å². The van der Waals surface area contributed by atoms with Gasteiger partial charge >= 0.3 is 0 Å². The van der Waals surface area contributed by atoms with Crippen molar-refractivity contribution in [3.63, 3.8) is 0 Å². The maximum absolute atomic E-state index is 5.82. The van der Waals surface area contributed by atoms with Gasteiger partial charge in [0, 0.05) is 22.2 Å². The second-order valence-corrected chi connectivity index (χ2v) is 4.33. The Bertz CT molecular complexity index is 373. The molecule has 1 nitrogen and oxygen atoms in total. The summed E-state index contributed by atoms with van der Waals surface area (Å²) in [6, 6.07) is 7.63. The van der Waals surface area contributed by atoms with Gasteiger partial charge in [0.15, 0.2) is 0 Å². The van der Waals surface area contributed by atoms with E-state index in [1.54, 1.807) is 6.08 Å². The number of hydrogen-bond acceptors (Lipinski definition) is 1. The topological polar surface area (TPSA) is 26.0 Å². The standard InChI is InChI=1S/C12H13Cl2N/c1-9(13)2-7-12(15)8-10-3-5-11(14)6-4-10/h2-7H,8,15H2,1H3/b9-2+,12-7-. The summed E-state index contributed by atoms with van der Waals surface area (Å²) in [6.45, 7) is 1.81. The second kappa shape index (κ2) is 5.84. The molecule has 0 aliphatic heterocycles. The molecule has 1 rings (SSSR count). The van der Waals surface area contributed by atoms with Gasteiger partial charge in [-0.15, -0.1) is 0 Å². The highest BCUT2D eigenvalue weighted by Gasteiger charge is 1.94. The summed E-state index contributed by atoms with van der Waals surface area (Å²) >= 11 is 11.5. The summed E-state index contributed by atoms with van der Waals surface area (Å²) in [6.07, 6.45) is 4.31. The van der Waals surface area contributed by atoms with Crippen molar-refractivity contribution in [2.75, 3.05) is 0 Å². The summed E-state index contributed by atoms with van der Waals surface area (Å²) in [7, 11) is 0. The van der Waals surface area contributed by atoms with Crippen molar-refractivity contribution in [2.24, 2.45) is 5.73 Å². The van der Waals surface area contributed by atoms with Crippen LogP contribution in [0.5, 0.6) is 0 Å². The van der Waals surface area contributed by atoms with Crippen molar-refractivity contribution in [3.8, 4) is 0 Å². The fraction of sp³-hybridized carbons (Fsp3) is 0.167. The first-order valence-electron chi connectivity index (χ1n) is 4.61. The molecule has 0 saturated carbocycles. The lowest BCUT2D eigenvalue weighted by Crippen LogP contribution is -2.00. The molecule has 80 valence electrons. The molecule has 0 fully saturated rings. The molecule has 0 amide bonds. The zero-order valence-corrected chi connectivity index (χ0v) is 10.0. The van der Waals surface area contributed by atoms with Crippen LogP contribution >= 0.6 is 23.2 Å². The van der Waals surface area contributed by atoms with Gasteiger partial charge in [-0.1, -0.05) is 35.3 Å². The number of halogens is 2. The predicted molar refractivity (Wildman–Crippen MR) is 67.0 cm³/mol. The van der Waals surface area contributed by atoms with E-state index in [0.717, 1.165) is 16.3 Å². The van der Waals surface area contributed by atoms with Crippen LogP contribution in [0.3, 0.4) is 0 Å². The van der Waals surface area contributed by atoms with Crippen LogP contribution in [-0.2, 0) is 6.42 Å². The minimum absolute atomic E-state index is 0.706. The minimum atomic E-state index is 0.706. The highest BCUT2D eigenvalue weighted by molar-refractivity contribution is 6.30. The summed E-state index contributed by atoms with van der Waals surface area (Å²) in [5.41, 5.74) is 7.73. The molecule has 0 saturated heterocycles. The molecule has 0 aliphatic carbocycles. The quantitative estimate of drug-likeness (QED) is 0.800. The summed E-state index contributed by atoms with van der Waals surface area (Å²) < 4.78 is 0. The molecule has 1 aromatic rings. The number of benzene rings is 1. The van der Waals surface area contributed by atoms with Crippen LogP contribution in [0.25, 0.3) is 0 Å². The molecule has 1 aromatic carbocycles. The van der Waals surface area contributed by atoms with Gasteiger partial charge in [0.25, 0.3) is 0 Å². The highest BCUT2D eigenvalue weighted by atomic mass is 35.5. The van der Waals surface area contributed by atoms with Crippen molar-refractivity contribution >= 4 is 23.2 Å². The zero-order valence-electron chi connectivity index (χ0n) is 8.50. The van der Waals surface area contributed by atoms with E-state index in [1.165, 1.54) is 0 Å². The van der Waals surface area contributed by atoms with Crippen molar-refractivity contribution in [2.45, 2.75) is 13.3 Å². The van der Waals surface area contributed by atoms with E-state index in [4.69, 9.17) is 28.9 Å². The third-order valence-electron chi connectivity index (χ3n) is 1.85. The molecule has 3 heteroatoms. The van der Waals surface area contributed by atoms with Gasteiger partial charge in [0.05, 0.1) is 0 Å². The molecular formula is C12H13Cl2N.